The highest BCUT2D eigenvalue weighted by molar-refractivity contribution is 5.77. The molecule has 1 saturated carbocycles. The summed E-state index contributed by atoms with van der Waals surface area (Å²) in [7, 11) is 0. The number of amides is 1. The molecule has 1 heterocycles. The number of rotatable bonds is 4. The predicted octanol–water partition coefficient (Wildman–Crippen LogP) is 2.89. The molecule has 0 bridgehead atoms. The van der Waals surface area contributed by atoms with E-state index in [0.29, 0.717) is 25.2 Å². The van der Waals surface area contributed by atoms with Crippen molar-refractivity contribution in [3.8, 4) is 6.07 Å². The third kappa shape index (κ3) is 4.71. The van der Waals surface area contributed by atoms with E-state index in [1.54, 1.807) is 0 Å². The Morgan fingerprint density at radius 1 is 1.24 bits per heavy atom. The summed E-state index contributed by atoms with van der Waals surface area (Å²) in [6.07, 6.45) is 9.48. The van der Waals surface area contributed by atoms with Crippen LogP contribution in [0.4, 0.5) is 0 Å². The van der Waals surface area contributed by atoms with Crippen LogP contribution >= 0.6 is 0 Å². The fourth-order valence-corrected chi connectivity index (χ4v) is 4.09. The van der Waals surface area contributed by atoms with Gasteiger partial charge in [0.15, 0.2) is 0 Å². The molecule has 2 rings (SSSR count). The number of carbonyl (C=O) groups is 1. The van der Waals surface area contributed by atoms with Crippen LogP contribution in [0.15, 0.2) is 0 Å². The van der Waals surface area contributed by atoms with Crippen LogP contribution in [-0.4, -0.2) is 23.5 Å². The Kier molecular flexibility index (Phi) is 5.64. The van der Waals surface area contributed by atoms with Gasteiger partial charge in [-0.25, -0.2) is 0 Å². The van der Waals surface area contributed by atoms with Crippen molar-refractivity contribution in [3.05, 3.63) is 0 Å². The summed E-state index contributed by atoms with van der Waals surface area (Å²) in [5.41, 5.74) is -0.673. The lowest BCUT2D eigenvalue weighted by Crippen LogP contribution is -2.59. The minimum Gasteiger partial charge on any atom is -0.338 e. The standard InChI is InChI=1S/C17H29N3O/c1-13-10-17(12-18,11-14(2)19-13)20-16(21)9-8-15-6-4-3-5-7-15/h13-15,19H,3-11H2,1-2H3,(H,20,21). The summed E-state index contributed by atoms with van der Waals surface area (Å²) < 4.78 is 0. The van der Waals surface area contributed by atoms with Gasteiger partial charge in [-0.2, -0.15) is 5.26 Å². The second-order valence-electron chi connectivity index (χ2n) is 7.16. The number of piperidine rings is 1. The van der Waals surface area contributed by atoms with Crippen LogP contribution in [0.25, 0.3) is 0 Å². The van der Waals surface area contributed by atoms with Crippen LogP contribution in [0.2, 0.25) is 0 Å². The number of hydrogen-bond donors (Lipinski definition) is 2. The molecule has 2 atom stereocenters. The van der Waals surface area contributed by atoms with E-state index in [2.05, 4.69) is 30.6 Å². The van der Waals surface area contributed by atoms with Gasteiger partial charge in [-0.05, 0) is 39.0 Å². The van der Waals surface area contributed by atoms with Gasteiger partial charge in [-0.3, -0.25) is 4.79 Å². The fraction of sp³-hybridized carbons (Fsp3) is 0.882. The molecule has 1 amide bonds. The van der Waals surface area contributed by atoms with Crippen molar-refractivity contribution in [1.82, 2.24) is 10.6 Å². The van der Waals surface area contributed by atoms with Gasteiger partial charge in [0, 0.05) is 18.5 Å². The molecule has 4 nitrogen and oxygen atoms in total. The van der Waals surface area contributed by atoms with E-state index in [1.807, 2.05) is 0 Å². The van der Waals surface area contributed by atoms with Crippen LogP contribution in [0.5, 0.6) is 0 Å². The van der Waals surface area contributed by atoms with Crippen LogP contribution in [0.3, 0.4) is 0 Å². The maximum Gasteiger partial charge on any atom is 0.221 e. The second kappa shape index (κ2) is 7.26. The summed E-state index contributed by atoms with van der Waals surface area (Å²) in [6.45, 7) is 4.16. The molecule has 1 aliphatic heterocycles. The zero-order valence-corrected chi connectivity index (χ0v) is 13.5. The van der Waals surface area contributed by atoms with E-state index in [0.717, 1.165) is 6.42 Å². The van der Waals surface area contributed by atoms with E-state index >= 15 is 0 Å². The van der Waals surface area contributed by atoms with Crippen molar-refractivity contribution in [3.63, 3.8) is 0 Å². The average Bonchev–Trinajstić information content (AvgIpc) is 2.45. The molecule has 118 valence electrons. The number of hydrogen-bond acceptors (Lipinski definition) is 3. The summed E-state index contributed by atoms with van der Waals surface area (Å²) in [6, 6.07) is 2.92. The summed E-state index contributed by atoms with van der Waals surface area (Å²) in [5.74, 6) is 0.775. The SMILES string of the molecule is CC1CC(C#N)(NC(=O)CCC2CCCCC2)CC(C)N1. The quantitative estimate of drug-likeness (QED) is 0.837. The van der Waals surface area contributed by atoms with Gasteiger partial charge in [0.25, 0.3) is 0 Å². The van der Waals surface area contributed by atoms with E-state index < -0.39 is 5.54 Å². The van der Waals surface area contributed by atoms with E-state index in [1.165, 1.54) is 32.1 Å². The van der Waals surface area contributed by atoms with Gasteiger partial charge in [-0.1, -0.05) is 32.1 Å². The number of nitrogens with zero attached hydrogens (tertiary/aromatic N) is 1. The molecular formula is C17H29N3O. The molecule has 1 saturated heterocycles. The van der Waals surface area contributed by atoms with E-state index in [4.69, 9.17) is 0 Å². The van der Waals surface area contributed by atoms with Gasteiger partial charge in [0.1, 0.15) is 5.54 Å². The number of carbonyl (C=O) groups excluding carboxylic acids is 1. The first-order chi connectivity index (χ1) is 10.0. The average molecular weight is 291 g/mol. The molecule has 0 radical (unpaired) electrons. The molecule has 21 heavy (non-hydrogen) atoms. The smallest absolute Gasteiger partial charge is 0.221 e. The van der Waals surface area contributed by atoms with Crippen LogP contribution in [-0.2, 0) is 4.79 Å². The zero-order chi connectivity index (χ0) is 15.3. The molecule has 0 aromatic carbocycles. The monoisotopic (exact) mass is 291 g/mol. The molecule has 2 aliphatic rings. The lowest BCUT2D eigenvalue weighted by Gasteiger charge is -2.39. The molecular weight excluding hydrogens is 262 g/mol. The molecule has 4 heteroatoms. The van der Waals surface area contributed by atoms with E-state index in [-0.39, 0.29) is 18.0 Å². The van der Waals surface area contributed by atoms with Crippen molar-refractivity contribution >= 4 is 5.91 Å². The first-order valence-electron chi connectivity index (χ1n) is 8.51. The lowest BCUT2D eigenvalue weighted by molar-refractivity contribution is -0.123. The van der Waals surface area contributed by atoms with Gasteiger partial charge in [-0.15, -0.1) is 0 Å². The third-order valence-corrected chi connectivity index (χ3v) is 4.98. The first kappa shape index (κ1) is 16.3. The highest BCUT2D eigenvalue weighted by Gasteiger charge is 2.39. The lowest BCUT2D eigenvalue weighted by atomic mass is 9.82. The minimum absolute atomic E-state index is 0.0587. The Balaban J connectivity index is 1.83. The fourth-order valence-electron chi connectivity index (χ4n) is 4.09. The maximum absolute atomic E-state index is 12.2. The van der Waals surface area contributed by atoms with Crippen LogP contribution in [0, 0.1) is 17.2 Å². The van der Waals surface area contributed by atoms with Crippen molar-refractivity contribution in [2.45, 2.75) is 89.3 Å². The largest absolute Gasteiger partial charge is 0.338 e. The zero-order valence-electron chi connectivity index (χ0n) is 13.5. The highest BCUT2D eigenvalue weighted by Crippen LogP contribution is 2.28. The minimum atomic E-state index is -0.673. The molecule has 2 fully saturated rings. The van der Waals surface area contributed by atoms with Gasteiger partial charge >= 0.3 is 0 Å². The summed E-state index contributed by atoms with van der Waals surface area (Å²) in [4.78, 5) is 12.2. The Hall–Kier alpha value is -1.08. The van der Waals surface area contributed by atoms with Gasteiger partial charge < -0.3 is 10.6 Å². The molecule has 2 unspecified atom stereocenters. The summed E-state index contributed by atoms with van der Waals surface area (Å²) >= 11 is 0. The second-order valence-corrected chi connectivity index (χ2v) is 7.16. The molecule has 0 aromatic rings. The van der Waals surface area contributed by atoms with Crippen molar-refractivity contribution < 1.29 is 4.79 Å². The van der Waals surface area contributed by atoms with E-state index in [9.17, 15) is 10.1 Å². The molecule has 2 N–H and O–H groups in total. The number of nitriles is 1. The van der Waals surface area contributed by atoms with Gasteiger partial charge in [0.2, 0.25) is 5.91 Å². The first-order valence-corrected chi connectivity index (χ1v) is 8.51. The number of nitrogens with one attached hydrogen (secondary N) is 2. The molecule has 1 aliphatic carbocycles. The third-order valence-electron chi connectivity index (χ3n) is 4.98. The Morgan fingerprint density at radius 2 is 1.86 bits per heavy atom. The van der Waals surface area contributed by atoms with Crippen molar-refractivity contribution in [2.75, 3.05) is 0 Å². The highest BCUT2D eigenvalue weighted by atomic mass is 16.1. The molecule has 0 aromatic heterocycles. The van der Waals surface area contributed by atoms with Gasteiger partial charge in [0.05, 0.1) is 6.07 Å². The summed E-state index contributed by atoms with van der Waals surface area (Å²) in [5, 5.41) is 16.0. The van der Waals surface area contributed by atoms with Crippen LogP contribution < -0.4 is 10.6 Å². The maximum atomic E-state index is 12.2. The van der Waals surface area contributed by atoms with Crippen LogP contribution in [0.1, 0.15) is 71.6 Å². The Morgan fingerprint density at radius 3 is 2.43 bits per heavy atom. The topological polar surface area (TPSA) is 64.9 Å². The van der Waals surface area contributed by atoms with Crippen molar-refractivity contribution in [2.24, 2.45) is 5.92 Å². The normalized spacial score (nSPS) is 34.1. The Labute approximate surface area is 128 Å². The predicted molar refractivity (Wildman–Crippen MR) is 83.6 cm³/mol. The molecule has 0 spiro atoms. The van der Waals surface area contributed by atoms with Crippen molar-refractivity contribution in [1.29, 1.82) is 5.26 Å². The Bertz CT molecular complexity index is 385.